The third-order valence-electron chi connectivity index (χ3n) is 3.85. The second kappa shape index (κ2) is 14.1. The Balaban J connectivity index is 0.000000247. The first-order valence-electron chi connectivity index (χ1n) is 10.2. The summed E-state index contributed by atoms with van der Waals surface area (Å²) in [5.41, 5.74) is 0.687. The Morgan fingerprint density at radius 3 is 2.34 bits per heavy atom. The SMILES string of the molecule is CCOC(=O)C(N=Nc1cccnc1)=C(O)CCl.CCOC(=O)c1nn(-c2cccnc2)cc1O. The van der Waals surface area contributed by atoms with Crippen molar-refractivity contribution < 1.29 is 29.3 Å². The second-order valence-corrected chi connectivity index (χ2v) is 6.57. The van der Waals surface area contributed by atoms with Gasteiger partial charge in [-0.25, -0.2) is 14.3 Å². The number of aliphatic hydroxyl groups excluding tert-OH is 1. The van der Waals surface area contributed by atoms with Crippen molar-refractivity contribution in [1.82, 2.24) is 19.7 Å². The van der Waals surface area contributed by atoms with Crippen molar-refractivity contribution in [2.24, 2.45) is 10.2 Å². The Hall–Kier alpha value is -4.32. The number of aliphatic hydroxyl groups is 1. The van der Waals surface area contributed by atoms with Gasteiger partial charge in [0, 0.05) is 12.4 Å². The normalized spacial score (nSPS) is 11.3. The van der Waals surface area contributed by atoms with E-state index in [4.69, 9.17) is 21.1 Å². The maximum atomic E-state index is 11.5. The summed E-state index contributed by atoms with van der Waals surface area (Å²) in [5, 5.41) is 30.4. The Bertz CT molecular complexity index is 1170. The minimum atomic E-state index is -0.775. The third-order valence-corrected chi connectivity index (χ3v) is 4.11. The highest BCUT2D eigenvalue weighted by atomic mass is 35.5. The van der Waals surface area contributed by atoms with Crippen molar-refractivity contribution in [2.45, 2.75) is 13.8 Å². The molecule has 0 fully saturated rings. The summed E-state index contributed by atoms with van der Waals surface area (Å²) in [7, 11) is 0. The summed E-state index contributed by atoms with van der Waals surface area (Å²) < 4.78 is 10.9. The van der Waals surface area contributed by atoms with Crippen molar-refractivity contribution in [3.8, 4) is 11.4 Å². The van der Waals surface area contributed by atoms with Crippen LogP contribution in [0, 0.1) is 0 Å². The van der Waals surface area contributed by atoms with Gasteiger partial charge in [0.1, 0.15) is 11.4 Å². The van der Waals surface area contributed by atoms with Crippen LogP contribution in [-0.2, 0) is 14.3 Å². The third kappa shape index (κ3) is 8.19. The molecule has 2 N–H and O–H groups in total. The fourth-order valence-corrected chi connectivity index (χ4v) is 2.46. The van der Waals surface area contributed by atoms with Crippen molar-refractivity contribution in [3.05, 3.63) is 72.4 Å². The predicted octanol–water partition coefficient (Wildman–Crippen LogP) is 3.89. The van der Waals surface area contributed by atoms with Crippen LogP contribution < -0.4 is 0 Å². The zero-order valence-electron chi connectivity index (χ0n) is 18.9. The first-order chi connectivity index (χ1) is 16.9. The average Bonchev–Trinajstić information content (AvgIpc) is 3.27. The predicted molar refractivity (Wildman–Crippen MR) is 125 cm³/mol. The van der Waals surface area contributed by atoms with E-state index in [1.54, 1.807) is 56.7 Å². The van der Waals surface area contributed by atoms with Gasteiger partial charge in [-0.05, 0) is 38.1 Å². The van der Waals surface area contributed by atoms with Gasteiger partial charge < -0.3 is 19.7 Å². The lowest BCUT2D eigenvalue weighted by atomic mass is 10.4. The number of ether oxygens (including phenoxy) is 2. The van der Waals surface area contributed by atoms with E-state index in [-0.39, 0.29) is 42.0 Å². The summed E-state index contributed by atoms with van der Waals surface area (Å²) in [6.45, 7) is 3.73. The lowest BCUT2D eigenvalue weighted by Gasteiger charge is -2.02. The Kier molecular flexibility index (Phi) is 10.8. The van der Waals surface area contributed by atoms with Gasteiger partial charge in [-0.15, -0.1) is 21.8 Å². The highest BCUT2D eigenvalue weighted by Crippen LogP contribution is 2.18. The van der Waals surface area contributed by atoms with Crippen molar-refractivity contribution in [1.29, 1.82) is 0 Å². The standard InChI is InChI=1S/C11H12ClN3O3.C11H11N3O3/c1-2-18-11(17)10(9(16)6-12)15-14-8-4-3-5-13-7-8;1-2-17-11(16)10-9(15)7-14(13-10)8-4-3-5-12-6-8/h3-5,7,16H,2,6H2,1H3;3-7,15H,2H2,1H3. The molecule has 0 unspecified atom stereocenters. The van der Waals surface area contributed by atoms with Crippen LogP contribution in [-0.4, -0.2) is 61.0 Å². The number of allylic oxidation sites excluding steroid dienone is 1. The minimum Gasteiger partial charge on any atom is -0.508 e. The van der Waals surface area contributed by atoms with Crippen LogP contribution in [0.3, 0.4) is 0 Å². The lowest BCUT2D eigenvalue weighted by molar-refractivity contribution is -0.138. The number of rotatable bonds is 8. The number of alkyl halides is 1. The van der Waals surface area contributed by atoms with E-state index in [0.717, 1.165) is 0 Å². The molecule has 3 heterocycles. The molecule has 0 saturated heterocycles. The molecule has 13 heteroatoms. The van der Waals surface area contributed by atoms with E-state index in [9.17, 15) is 19.8 Å². The first-order valence-corrected chi connectivity index (χ1v) is 10.8. The molecule has 0 aliphatic rings. The molecule has 12 nitrogen and oxygen atoms in total. The number of carbonyl (C=O) groups is 2. The quantitative estimate of drug-likeness (QED) is 0.153. The Labute approximate surface area is 205 Å². The second-order valence-electron chi connectivity index (χ2n) is 6.30. The van der Waals surface area contributed by atoms with Gasteiger partial charge >= 0.3 is 11.9 Å². The van der Waals surface area contributed by atoms with E-state index in [0.29, 0.717) is 11.4 Å². The molecule has 184 valence electrons. The number of halogens is 1. The van der Waals surface area contributed by atoms with Crippen molar-refractivity contribution >= 4 is 29.2 Å². The number of pyridine rings is 2. The molecule has 0 saturated carbocycles. The van der Waals surface area contributed by atoms with Crippen LogP contribution in [0.15, 0.2) is 76.9 Å². The lowest BCUT2D eigenvalue weighted by Crippen LogP contribution is -2.09. The van der Waals surface area contributed by atoms with Crippen LogP contribution >= 0.6 is 11.6 Å². The Morgan fingerprint density at radius 1 is 1.09 bits per heavy atom. The molecule has 0 atom stereocenters. The molecule has 3 aromatic rings. The number of esters is 2. The largest absolute Gasteiger partial charge is 0.508 e. The minimum absolute atomic E-state index is 0.101. The van der Waals surface area contributed by atoms with Gasteiger partial charge in [-0.3, -0.25) is 9.97 Å². The first kappa shape index (κ1) is 26.9. The van der Waals surface area contributed by atoms with E-state index < -0.39 is 11.9 Å². The van der Waals surface area contributed by atoms with E-state index in [1.165, 1.54) is 17.1 Å². The van der Waals surface area contributed by atoms with Crippen LogP contribution in [0.4, 0.5) is 5.69 Å². The highest BCUT2D eigenvalue weighted by Gasteiger charge is 2.18. The van der Waals surface area contributed by atoms with Gasteiger partial charge in [0.25, 0.3) is 0 Å². The van der Waals surface area contributed by atoms with Gasteiger partial charge in [-0.2, -0.15) is 5.10 Å². The fourth-order valence-electron chi connectivity index (χ4n) is 2.33. The zero-order chi connectivity index (χ0) is 25.6. The number of nitrogens with zero attached hydrogens (tertiary/aromatic N) is 6. The summed E-state index contributed by atoms with van der Waals surface area (Å²) in [6.07, 6.45) is 7.57. The summed E-state index contributed by atoms with van der Waals surface area (Å²) in [4.78, 5) is 30.7. The van der Waals surface area contributed by atoms with Crippen LogP contribution in [0.1, 0.15) is 24.3 Å². The zero-order valence-corrected chi connectivity index (χ0v) is 19.7. The molecular formula is C22H23ClN6O6. The number of carbonyl (C=O) groups excluding carboxylic acids is 2. The molecule has 0 amide bonds. The van der Waals surface area contributed by atoms with Gasteiger partial charge in [-0.1, -0.05) is 0 Å². The Morgan fingerprint density at radius 2 is 1.77 bits per heavy atom. The van der Waals surface area contributed by atoms with E-state index in [2.05, 4.69) is 25.3 Å². The molecule has 0 aliphatic carbocycles. The van der Waals surface area contributed by atoms with Crippen LogP contribution in [0.2, 0.25) is 0 Å². The number of hydrogen-bond donors (Lipinski definition) is 2. The molecule has 35 heavy (non-hydrogen) atoms. The van der Waals surface area contributed by atoms with Crippen LogP contribution in [0.25, 0.3) is 5.69 Å². The smallest absolute Gasteiger partial charge is 0.362 e. The van der Waals surface area contributed by atoms with Gasteiger partial charge in [0.2, 0.25) is 11.4 Å². The van der Waals surface area contributed by atoms with Crippen molar-refractivity contribution in [3.63, 3.8) is 0 Å². The molecule has 0 radical (unpaired) electrons. The molecule has 0 aliphatic heterocycles. The number of aromatic hydroxyl groups is 1. The highest BCUT2D eigenvalue weighted by molar-refractivity contribution is 6.19. The van der Waals surface area contributed by atoms with Crippen molar-refractivity contribution in [2.75, 3.05) is 19.1 Å². The molecular weight excluding hydrogens is 480 g/mol. The topological polar surface area (TPSA) is 161 Å². The summed E-state index contributed by atoms with van der Waals surface area (Å²) in [6, 6.07) is 6.81. The maximum Gasteiger partial charge on any atom is 0.362 e. The number of azo groups is 1. The number of aromatic nitrogens is 4. The number of hydrogen-bond acceptors (Lipinski definition) is 11. The van der Waals surface area contributed by atoms with E-state index >= 15 is 0 Å². The van der Waals surface area contributed by atoms with E-state index in [1.807, 2.05) is 0 Å². The van der Waals surface area contributed by atoms with Gasteiger partial charge in [0.05, 0.1) is 43.4 Å². The molecule has 3 aromatic heterocycles. The maximum absolute atomic E-state index is 11.5. The van der Waals surface area contributed by atoms with Gasteiger partial charge in [0.15, 0.2) is 5.75 Å². The van der Waals surface area contributed by atoms with Crippen LogP contribution in [0.5, 0.6) is 5.75 Å². The average molecular weight is 503 g/mol. The summed E-state index contributed by atoms with van der Waals surface area (Å²) in [5.74, 6) is -2.27. The monoisotopic (exact) mass is 502 g/mol. The molecule has 3 rings (SSSR count). The fraction of sp³-hybridized carbons (Fsp3) is 0.227. The summed E-state index contributed by atoms with van der Waals surface area (Å²) >= 11 is 5.44. The molecule has 0 aromatic carbocycles. The molecule has 0 bridgehead atoms. The molecule has 0 spiro atoms.